The first-order valence-electron chi connectivity index (χ1n) is 7.93. The van der Waals surface area contributed by atoms with Crippen molar-refractivity contribution in [3.63, 3.8) is 0 Å². The quantitative estimate of drug-likeness (QED) is 0.692. The monoisotopic (exact) mass is 398 g/mol. The lowest BCUT2D eigenvalue weighted by molar-refractivity contribution is -0.123. The maximum atomic E-state index is 12.4. The summed E-state index contributed by atoms with van der Waals surface area (Å²) in [6.45, 7) is 7.09. The summed E-state index contributed by atoms with van der Waals surface area (Å²) in [6, 6.07) is 8.63. The summed E-state index contributed by atoms with van der Waals surface area (Å²) in [6.07, 6.45) is 0. The van der Waals surface area contributed by atoms with Crippen molar-refractivity contribution in [1.29, 1.82) is 0 Å². The molecular weight excluding hydrogens is 376 g/mol. The van der Waals surface area contributed by atoms with Gasteiger partial charge in [-0.2, -0.15) is 0 Å². The molecule has 1 aromatic carbocycles. The first-order valence-corrected chi connectivity index (χ1v) is 10.2. The number of benzene rings is 1. The van der Waals surface area contributed by atoms with Crippen molar-refractivity contribution in [1.82, 2.24) is 14.9 Å². The fourth-order valence-electron chi connectivity index (χ4n) is 1.74. The van der Waals surface area contributed by atoms with Crippen molar-refractivity contribution in [3.8, 4) is 5.75 Å². The zero-order valence-electron chi connectivity index (χ0n) is 15.0. The van der Waals surface area contributed by atoms with Crippen molar-refractivity contribution in [2.45, 2.75) is 38.1 Å². The second kappa shape index (κ2) is 8.11. The zero-order valence-corrected chi connectivity index (χ0v) is 16.6. The van der Waals surface area contributed by atoms with Gasteiger partial charge in [0.1, 0.15) is 12.4 Å². The second-order valence-corrected chi connectivity index (χ2v) is 9.59. The number of aromatic nitrogens is 2. The molecule has 0 aliphatic carbocycles. The summed E-state index contributed by atoms with van der Waals surface area (Å²) < 4.78 is 32.6. The minimum atomic E-state index is -3.85. The molecule has 1 atom stereocenters. The lowest BCUT2D eigenvalue weighted by Crippen LogP contribution is -2.36. The van der Waals surface area contributed by atoms with Crippen LogP contribution in [0.3, 0.4) is 0 Å². The molecule has 0 unspecified atom stereocenters. The second-order valence-electron chi connectivity index (χ2n) is 6.72. The molecule has 0 aliphatic heterocycles. The number of nitrogens with zero attached hydrogens (tertiary/aromatic N) is 2. The van der Waals surface area contributed by atoms with Crippen molar-refractivity contribution < 1.29 is 17.9 Å². The highest BCUT2D eigenvalue weighted by atomic mass is 32.2. The number of ether oxygens (including phenoxy) is 1. The molecule has 0 spiro atoms. The van der Waals surface area contributed by atoms with E-state index in [2.05, 4.69) is 20.2 Å². The lowest BCUT2D eigenvalue weighted by atomic mass is 9.96. The van der Waals surface area contributed by atoms with Gasteiger partial charge in [-0.15, -0.1) is 10.2 Å². The molecule has 0 fully saturated rings. The van der Waals surface area contributed by atoms with E-state index in [1.807, 2.05) is 18.2 Å². The number of para-hydroxylation sites is 1. The Balaban J connectivity index is 1.96. The number of hydrogen-bond acceptors (Lipinski definition) is 7. The SMILES string of the molecule is C[C@@H](COc1ccccc1)NS(=O)(=O)c1nnc(NC(=O)C(C)(C)C)s1. The van der Waals surface area contributed by atoms with Gasteiger partial charge in [-0.1, -0.05) is 50.3 Å². The summed E-state index contributed by atoms with van der Waals surface area (Å²) in [5.74, 6) is 0.386. The molecule has 1 heterocycles. The Morgan fingerprint density at radius 1 is 1.23 bits per heavy atom. The van der Waals surface area contributed by atoms with Crippen LogP contribution in [0.4, 0.5) is 5.13 Å². The van der Waals surface area contributed by atoms with Crippen LogP contribution in [0.2, 0.25) is 0 Å². The average Bonchev–Trinajstić information content (AvgIpc) is 3.02. The minimum Gasteiger partial charge on any atom is -0.492 e. The van der Waals surface area contributed by atoms with Gasteiger partial charge in [0.05, 0.1) is 6.04 Å². The first-order chi connectivity index (χ1) is 12.1. The molecule has 26 heavy (non-hydrogen) atoms. The van der Waals surface area contributed by atoms with Crippen LogP contribution in [0.1, 0.15) is 27.7 Å². The predicted octanol–water partition coefficient (Wildman–Crippen LogP) is 2.27. The van der Waals surface area contributed by atoms with E-state index in [0.29, 0.717) is 5.75 Å². The molecule has 1 amide bonds. The van der Waals surface area contributed by atoms with Crippen LogP contribution >= 0.6 is 11.3 Å². The summed E-state index contributed by atoms with van der Waals surface area (Å²) >= 11 is 0.795. The Morgan fingerprint density at radius 3 is 2.50 bits per heavy atom. The Bertz CT molecular complexity index is 845. The van der Waals surface area contributed by atoms with Crippen molar-refractivity contribution in [3.05, 3.63) is 30.3 Å². The fourth-order valence-corrected chi connectivity index (χ4v) is 3.88. The molecule has 2 N–H and O–H groups in total. The van der Waals surface area contributed by atoms with E-state index in [-0.39, 0.29) is 22.0 Å². The summed E-state index contributed by atoms with van der Waals surface area (Å²) in [7, 11) is -3.85. The van der Waals surface area contributed by atoms with Gasteiger partial charge in [-0.25, -0.2) is 13.1 Å². The van der Waals surface area contributed by atoms with Crippen LogP contribution in [0, 0.1) is 5.41 Å². The number of carbonyl (C=O) groups is 1. The molecule has 8 nitrogen and oxygen atoms in total. The maximum Gasteiger partial charge on any atom is 0.270 e. The Hall–Kier alpha value is -2.04. The van der Waals surface area contributed by atoms with Gasteiger partial charge in [-0.05, 0) is 19.1 Å². The highest BCUT2D eigenvalue weighted by Gasteiger charge is 2.26. The highest BCUT2D eigenvalue weighted by molar-refractivity contribution is 7.91. The molecule has 2 aromatic rings. The van der Waals surface area contributed by atoms with Gasteiger partial charge in [0.2, 0.25) is 15.4 Å². The number of anilines is 1. The normalized spacial score (nSPS) is 13.2. The van der Waals surface area contributed by atoms with Gasteiger partial charge in [0.15, 0.2) is 0 Å². The zero-order chi connectivity index (χ0) is 19.4. The van der Waals surface area contributed by atoms with Crippen LogP contribution in [-0.4, -0.2) is 37.2 Å². The molecule has 10 heteroatoms. The molecule has 142 valence electrons. The predicted molar refractivity (Wildman–Crippen MR) is 99.7 cm³/mol. The Labute approximate surface area is 157 Å². The van der Waals surface area contributed by atoms with E-state index in [4.69, 9.17) is 4.74 Å². The maximum absolute atomic E-state index is 12.4. The lowest BCUT2D eigenvalue weighted by Gasteiger charge is -2.15. The van der Waals surface area contributed by atoms with Gasteiger partial charge >= 0.3 is 0 Å². The number of nitrogens with one attached hydrogen (secondary N) is 2. The van der Waals surface area contributed by atoms with E-state index >= 15 is 0 Å². The van der Waals surface area contributed by atoms with Crippen LogP contribution < -0.4 is 14.8 Å². The van der Waals surface area contributed by atoms with Crippen molar-refractivity contribution in [2.75, 3.05) is 11.9 Å². The van der Waals surface area contributed by atoms with E-state index in [1.165, 1.54) is 0 Å². The summed E-state index contributed by atoms with van der Waals surface area (Å²) in [5.41, 5.74) is -0.619. The third-order valence-electron chi connectivity index (χ3n) is 3.14. The Morgan fingerprint density at radius 2 is 1.88 bits per heavy atom. The number of hydrogen-bond donors (Lipinski definition) is 2. The van der Waals surface area contributed by atoms with E-state index in [0.717, 1.165) is 11.3 Å². The molecular formula is C16H22N4O4S2. The number of amides is 1. The third kappa shape index (κ3) is 5.75. The molecule has 0 saturated heterocycles. The van der Waals surface area contributed by atoms with E-state index < -0.39 is 21.5 Å². The van der Waals surface area contributed by atoms with Crippen LogP contribution in [0.25, 0.3) is 0 Å². The standard InChI is InChI=1S/C16H22N4O4S2/c1-11(10-24-12-8-6-5-7-9-12)20-26(22,23)15-19-18-14(25-15)17-13(21)16(2,3)4/h5-9,11,20H,10H2,1-4H3,(H,17,18,21)/t11-/m0/s1. The molecule has 0 bridgehead atoms. The van der Waals surface area contributed by atoms with E-state index in [9.17, 15) is 13.2 Å². The van der Waals surface area contributed by atoms with Gasteiger partial charge < -0.3 is 10.1 Å². The van der Waals surface area contributed by atoms with Gasteiger partial charge in [-0.3, -0.25) is 4.79 Å². The average molecular weight is 399 g/mol. The molecule has 0 radical (unpaired) electrons. The first kappa shape index (κ1) is 20.3. The molecule has 2 rings (SSSR count). The molecule has 0 saturated carbocycles. The smallest absolute Gasteiger partial charge is 0.270 e. The highest BCUT2D eigenvalue weighted by Crippen LogP contribution is 2.23. The Kier molecular flexibility index (Phi) is 6.32. The molecule has 0 aliphatic rings. The fraction of sp³-hybridized carbons (Fsp3) is 0.438. The number of rotatable bonds is 7. The largest absolute Gasteiger partial charge is 0.492 e. The third-order valence-corrected chi connectivity index (χ3v) is 5.93. The van der Waals surface area contributed by atoms with Crippen molar-refractivity contribution in [2.24, 2.45) is 5.41 Å². The van der Waals surface area contributed by atoms with Gasteiger partial charge in [0, 0.05) is 5.41 Å². The number of sulfonamides is 1. The van der Waals surface area contributed by atoms with Crippen LogP contribution in [0.5, 0.6) is 5.75 Å². The van der Waals surface area contributed by atoms with E-state index in [1.54, 1.807) is 39.8 Å². The minimum absolute atomic E-state index is 0.137. The van der Waals surface area contributed by atoms with Crippen LogP contribution in [0.15, 0.2) is 34.7 Å². The van der Waals surface area contributed by atoms with Gasteiger partial charge in [0.25, 0.3) is 10.0 Å². The summed E-state index contributed by atoms with van der Waals surface area (Å²) in [5, 5.41) is 10.1. The summed E-state index contributed by atoms with van der Waals surface area (Å²) in [4.78, 5) is 11.9. The van der Waals surface area contributed by atoms with Crippen LogP contribution in [-0.2, 0) is 14.8 Å². The topological polar surface area (TPSA) is 110 Å². The number of carbonyl (C=O) groups excluding carboxylic acids is 1. The van der Waals surface area contributed by atoms with Crippen molar-refractivity contribution >= 4 is 32.4 Å². The molecule has 1 aromatic heterocycles.